The Morgan fingerprint density at radius 3 is 2.94 bits per heavy atom. The van der Waals surface area contributed by atoms with Crippen LogP contribution in [0.4, 0.5) is 4.39 Å². The summed E-state index contributed by atoms with van der Waals surface area (Å²) in [5.74, 6) is 0.529. The molecule has 9 heteroatoms. The van der Waals surface area contributed by atoms with E-state index in [-0.39, 0.29) is 29.0 Å². The van der Waals surface area contributed by atoms with Gasteiger partial charge in [0.05, 0.1) is 22.8 Å². The first kappa shape index (κ1) is 22.8. The molecule has 0 bridgehead atoms. The van der Waals surface area contributed by atoms with Crippen LogP contribution >= 0.6 is 11.8 Å². The van der Waals surface area contributed by atoms with Crippen LogP contribution in [-0.4, -0.2) is 32.5 Å². The Balaban J connectivity index is 1.42. The molecule has 3 atom stereocenters. The van der Waals surface area contributed by atoms with Crippen molar-refractivity contribution in [3.8, 4) is 0 Å². The molecule has 2 N–H and O–H groups in total. The van der Waals surface area contributed by atoms with Crippen LogP contribution in [0.2, 0.25) is 0 Å². The summed E-state index contributed by atoms with van der Waals surface area (Å²) in [6.07, 6.45) is 10.1. The number of nitrogens with zero attached hydrogens (tertiary/aromatic N) is 4. The first-order valence-electron chi connectivity index (χ1n) is 11.8. The van der Waals surface area contributed by atoms with E-state index in [9.17, 15) is 9.18 Å². The van der Waals surface area contributed by atoms with E-state index >= 15 is 0 Å². The lowest BCUT2D eigenvalue weighted by Gasteiger charge is -2.19. The van der Waals surface area contributed by atoms with Crippen molar-refractivity contribution in [1.82, 2.24) is 19.4 Å². The van der Waals surface area contributed by atoms with E-state index in [4.69, 9.17) is 10.4 Å². The molecule has 0 amide bonds. The maximum absolute atomic E-state index is 13.5. The minimum Gasteiger partial charge on any atom is -0.378 e. The molecule has 0 spiro atoms. The van der Waals surface area contributed by atoms with Crippen molar-refractivity contribution in [2.75, 3.05) is 12.3 Å². The minimum absolute atomic E-state index is 0.179. The Hall–Kier alpha value is -2.94. The van der Waals surface area contributed by atoms with Crippen molar-refractivity contribution < 1.29 is 4.39 Å². The second-order valence-electron chi connectivity index (χ2n) is 8.96. The van der Waals surface area contributed by atoms with Gasteiger partial charge in [-0.3, -0.25) is 19.3 Å². The fourth-order valence-corrected chi connectivity index (χ4v) is 5.89. The number of fused-ring (bicyclic) bond motifs is 3. The summed E-state index contributed by atoms with van der Waals surface area (Å²) in [5, 5.41) is 13.6. The summed E-state index contributed by atoms with van der Waals surface area (Å²) < 4.78 is 17.0. The van der Waals surface area contributed by atoms with Crippen LogP contribution in [0, 0.1) is 17.3 Å². The molecule has 0 aromatic carbocycles. The normalized spacial score (nSPS) is 23.7. The first-order valence-corrected chi connectivity index (χ1v) is 12.8. The molecule has 7 nitrogen and oxygen atoms in total. The molecule has 0 saturated heterocycles. The van der Waals surface area contributed by atoms with Gasteiger partial charge in [0.25, 0.3) is 5.56 Å². The summed E-state index contributed by atoms with van der Waals surface area (Å²) in [5.41, 5.74) is 2.24. The molecule has 1 saturated carbocycles. The molecule has 3 aliphatic rings. The van der Waals surface area contributed by atoms with E-state index in [0.29, 0.717) is 23.1 Å². The van der Waals surface area contributed by atoms with Gasteiger partial charge in [-0.05, 0) is 55.1 Å². The molecule has 2 aromatic rings. The third-order valence-electron chi connectivity index (χ3n) is 6.81. The van der Waals surface area contributed by atoms with E-state index in [1.54, 1.807) is 35.5 Å². The van der Waals surface area contributed by atoms with Crippen LogP contribution in [0.1, 0.15) is 44.3 Å². The largest absolute Gasteiger partial charge is 0.378 e. The van der Waals surface area contributed by atoms with Crippen LogP contribution in [0.25, 0.3) is 10.6 Å². The van der Waals surface area contributed by atoms with E-state index in [0.717, 1.165) is 42.0 Å². The van der Waals surface area contributed by atoms with Crippen molar-refractivity contribution in [3.05, 3.63) is 74.7 Å². The Bertz CT molecular complexity index is 1420. The number of hydrogen-bond acceptors (Lipinski definition) is 6. The number of aromatic nitrogens is 3. The number of hydrogen-bond donors (Lipinski definition) is 2. The fourth-order valence-electron chi connectivity index (χ4n) is 5.09. The highest BCUT2D eigenvalue weighted by Crippen LogP contribution is 2.32. The molecule has 34 heavy (non-hydrogen) atoms. The first-order chi connectivity index (χ1) is 16.5. The van der Waals surface area contributed by atoms with Gasteiger partial charge in [-0.15, -0.1) is 11.8 Å². The minimum atomic E-state index is -0.483. The second kappa shape index (κ2) is 9.37. The average Bonchev–Trinajstić information content (AvgIpc) is 3.43. The van der Waals surface area contributed by atoms with Crippen molar-refractivity contribution in [3.63, 3.8) is 0 Å². The summed E-state index contributed by atoms with van der Waals surface area (Å²) in [7, 11) is 1.76. The van der Waals surface area contributed by atoms with Gasteiger partial charge in [-0.2, -0.15) is 4.39 Å². The van der Waals surface area contributed by atoms with Crippen molar-refractivity contribution in [2.24, 2.45) is 18.0 Å². The zero-order valence-electron chi connectivity index (χ0n) is 19.4. The highest BCUT2D eigenvalue weighted by Gasteiger charge is 2.34. The summed E-state index contributed by atoms with van der Waals surface area (Å²) >= 11 is 1.56. The lowest BCUT2D eigenvalue weighted by Crippen LogP contribution is -2.58. The zero-order chi connectivity index (χ0) is 23.8. The number of nitrogens with one attached hydrogen (secondary N) is 2. The zero-order valence-corrected chi connectivity index (χ0v) is 20.2. The maximum Gasteiger partial charge on any atom is 0.266 e. The van der Waals surface area contributed by atoms with Gasteiger partial charge >= 0.3 is 0 Å². The van der Waals surface area contributed by atoms with E-state index < -0.39 is 5.95 Å². The summed E-state index contributed by atoms with van der Waals surface area (Å²) in [6.45, 7) is 2.69. The molecular formula is C25H29FN6OS. The summed E-state index contributed by atoms with van der Waals surface area (Å²) in [4.78, 5) is 22.0. The Morgan fingerprint density at radius 1 is 1.35 bits per heavy atom. The Labute approximate surface area is 201 Å². The highest BCUT2D eigenvalue weighted by atomic mass is 32.2. The Kier molecular flexibility index (Phi) is 6.29. The average molecular weight is 481 g/mol. The standard InChI is InChI=1S/C25H29FN6OS/c1-3-34-23(28-14-15-10-12-16(13-11-15)17-6-5-9-20(26)29-17)21-22(27)32-19-8-4-7-18(19)30-25(32)31(2)24(21)33/h5-6,9-10,12-13,15,18-19,27-28H,3-4,7-8,11,14H2,1-2H3/b23-21-,27-22?/t15?,18-,19+/m1/s1. The third kappa shape index (κ3) is 4.06. The second-order valence-corrected chi connectivity index (χ2v) is 10.2. The van der Waals surface area contributed by atoms with Gasteiger partial charge in [0, 0.05) is 13.6 Å². The van der Waals surface area contributed by atoms with Crippen LogP contribution in [0.5, 0.6) is 0 Å². The van der Waals surface area contributed by atoms with E-state index in [1.165, 1.54) is 6.07 Å². The number of pyridine rings is 1. The predicted octanol–water partition coefficient (Wildman–Crippen LogP) is 2.00. The smallest absolute Gasteiger partial charge is 0.266 e. The summed E-state index contributed by atoms with van der Waals surface area (Å²) in [6, 6.07) is 5.18. The van der Waals surface area contributed by atoms with Crippen molar-refractivity contribution in [1.29, 1.82) is 5.41 Å². The SMILES string of the molecule is CCS/C(NCC1C=CC(c2cccc(F)n2)=CC1)=c1\c(=O)n(C)c2n(c1=N)[C@H]1CCC[C@H]1N=2. The monoisotopic (exact) mass is 480 g/mol. The van der Waals surface area contributed by atoms with Crippen molar-refractivity contribution >= 4 is 22.4 Å². The van der Waals surface area contributed by atoms with E-state index in [1.807, 2.05) is 17.6 Å². The quantitative estimate of drug-likeness (QED) is 0.619. The van der Waals surface area contributed by atoms with Gasteiger partial charge in [0.1, 0.15) is 10.7 Å². The maximum atomic E-state index is 13.5. The molecule has 0 radical (unpaired) electrons. The van der Waals surface area contributed by atoms with Crippen LogP contribution < -0.4 is 27.2 Å². The van der Waals surface area contributed by atoms with Crippen molar-refractivity contribution in [2.45, 2.75) is 44.7 Å². The number of rotatable bonds is 6. The van der Waals surface area contributed by atoms with E-state index in [2.05, 4.69) is 22.5 Å². The lowest BCUT2D eigenvalue weighted by molar-refractivity contribution is 0.465. The number of thioether (sulfide) groups is 1. The molecule has 1 fully saturated rings. The van der Waals surface area contributed by atoms with Crippen LogP contribution in [0.3, 0.4) is 0 Å². The van der Waals surface area contributed by atoms with Gasteiger partial charge in [-0.1, -0.05) is 31.2 Å². The molecular weight excluding hydrogens is 451 g/mol. The molecule has 1 unspecified atom stereocenters. The predicted molar refractivity (Wildman–Crippen MR) is 132 cm³/mol. The molecule has 178 valence electrons. The van der Waals surface area contributed by atoms with Gasteiger partial charge in [0.15, 0.2) is 0 Å². The Morgan fingerprint density at radius 2 is 2.21 bits per heavy atom. The molecule has 2 aromatic heterocycles. The third-order valence-corrected chi connectivity index (χ3v) is 7.73. The molecule has 5 rings (SSSR count). The molecule has 1 aliphatic heterocycles. The molecule has 2 aliphatic carbocycles. The van der Waals surface area contributed by atoms with Gasteiger partial charge in [-0.25, -0.2) is 9.98 Å². The lowest BCUT2D eigenvalue weighted by atomic mass is 9.95. The number of halogens is 1. The molecule has 3 heterocycles. The number of allylic oxidation sites excluding steroid dienone is 3. The topological polar surface area (TPSA) is 88.1 Å². The van der Waals surface area contributed by atoms with Crippen LogP contribution in [0.15, 0.2) is 46.2 Å². The van der Waals surface area contributed by atoms with Gasteiger partial charge in [0.2, 0.25) is 11.6 Å². The fraction of sp³-hybridized carbons (Fsp3) is 0.440. The highest BCUT2D eigenvalue weighted by molar-refractivity contribution is 8.07. The van der Waals surface area contributed by atoms with Crippen LogP contribution in [-0.2, 0) is 7.05 Å². The van der Waals surface area contributed by atoms with Gasteiger partial charge < -0.3 is 5.32 Å².